The molecular weight excluding hydrogens is 295 g/mol. The average molecular weight is 316 g/mol. The maximum absolute atomic E-state index is 14.1. The van der Waals surface area contributed by atoms with Crippen molar-refractivity contribution < 1.29 is 13.9 Å². The Kier molecular flexibility index (Phi) is 4.13. The first-order valence-corrected chi connectivity index (χ1v) is 7.63. The molecule has 2 aromatic carbocycles. The molecule has 0 aromatic heterocycles. The lowest BCUT2D eigenvalue weighted by Crippen LogP contribution is -2.37. The quantitative estimate of drug-likeness (QED) is 0.912. The van der Waals surface area contributed by atoms with Crippen molar-refractivity contribution in [3.8, 4) is 22.6 Å². The summed E-state index contributed by atoms with van der Waals surface area (Å²) in [6.07, 6.45) is -0.120. The summed E-state index contributed by atoms with van der Waals surface area (Å²) in [5.41, 5.74) is 10.1. The number of ether oxygens (including phenoxy) is 2. The van der Waals surface area contributed by atoms with Crippen LogP contribution in [0.15, 0.2) is 24.3 Å². The zero-order chi connectivity index (χ0) is 16.6. The van der Waals surface area contributed by atoms with Gasteiger partial charge in [0.25, 0.3) is 0 Å². The molecule has 0 saturated heterocycles. The van der Waals surface area contributed by atoms with Crippen molar-refractivity contribution in [1.29, 1.82) is 0 Å². The molecule has 0 aliphatic carbocycles. The van der Waals surface area contributed by atoms with Crippen LogP contribution in [0.3, 0.4) is 0 Å². The molecule has 1 aliphatic heterocycles. The molecule has 0 radical (unpaired) electrons. The number of anilines is 1. The molecule has 3 N–H and O–H groups in total. The van der Waals surface area contributed by atoms with E-state index in [2.05, 4.69) is 5.32 Å². The molecule has 0 spiro atoms. The Morgan fingerprint density at radius 2 is 1.96 bits per heavy atom. The number of nitrogens with two attached hydrogens (primary N) is 1. The van der Waals surface area contributed by atoms with Gasteiger partial charge in [-0.15, -0.1) is 0 Å². The minimum Gasteiger partial charge on any atom is -0.497 e. The highest BCUT2D eigenvalue weighted by atomic mass is 19.1. The summed E-state index contributed by atoms with van der Waals surface area (Å²) in [6.45, 7) is 4.95. The van der Waals surface area contributed by atoms with Crippen LogP contribution < -0.4 is 20.5 Å². The normalized spacial score (nSPS) is 16.3. The van der Waals surface area contributed by atoms with Crippen molar-refractivity contribution in [2.75, 3.05) is 25.5 Å². The molecule has 0 saturated carbocycles. The third kappa shape index (κ3) is 2.84. The molecule has 1 atom stereocenters. The molecular formula is C18H21FN2O2. The standard InChI is InChI=1S/C18H21FN2O2/c1-10-4-13(22-3)5-11(2)17(10)15-6-12(19)7-16-18(15)23-14(8-20)9-21-16/h4-7,14,21H,8-9,20H2,1-3H3/t14-/m0/s1. The minimum atomic E-state index is -0.296. The van der Waals surface area contributed by atoms with Crippen LogP contribution in [0.25, 0.3) is 11.1 Å². The van der Waals surface area contributed by atoms with E-state index < -0.39 is 0 Å². The second kappa shape index (κ2) is 6.08. The van der Waals surface area contributed by atoms with Gasteiger partial charge in [-0.1, -0.05) is 0 Å². The summed E-state index contributed by atoms with van der Waals surface area (Å²) >= 11 is 0. The molecule has 23 heavy (non-hydrogen) atoms. The maximum atomic E-state index is 14.1. The topological polar surface area (TPSA) is 56.5 Å². The number of methoxy groups -OCH3 is 1. The molecule has 122 valence electrons. The summed E-state index contributed by atoms with van der Waals surface area (Å²) in [5.74, 6) is 1.15. The van der Waals surface area contributed by atoms with Crippen molar-refractivity contribution in [2.45, 2.75) is 20.0 Å². The number of nitrogens with one attached hydrogen (secondary N) is 1. The molecule has 0 fully saturated rings. The smallest absolute Gasteiger partial charge is 0.151 e. The fourth-order valence-electron chi connectivity index (χ4n) is 3.07. The van der Waals surface area contributed by atoms with Gasteiger partial charge in [-0.05, 0) is 48.7 Å². The third-order valence-electron chi connectivity index (χ3n) is 4.13. The first-order valence-electron chi connectivity index (χ1n) is 7.63. The van der Waals surface area contributed by atoms with Crippen LogP contribution in [0.4, 0.5) is 10.1 Å². The van der Waals surface area contributed by atoms with Crippen LogP contribution in [-0.4, -0.2) is 26.3 Å². The van der Waals surface area contributed by atoms with E-state index in [4.69, 9.17) is 15.2 Å². The van der Waals surface area contributed by atoms with Crippen LogP contribution in [0.1, 0.15) is 11.1 Å². The van der Waals surface area contributed by atoms with Crippen molar-refractivity contribution in [2.24, 2.45) is 5.73 Å². The molecule has 0 bridgehead atoms. The number of benzene rings is 2. The van der Waals surface area contributed by atoms with Crippen molar-refractivity contribution in [1.82, 2.24) is 0 Å². The van der Waals surface area contributed by atoms with E-state index in [1.807, 2.05) is 26.0 Å². The van der Waals surface area contributed by atoms with Gasteiger partial charge in [0.1, 0.15) is 17.7 Å². The van der Waals surface area contributed by atoms with Crippen LogP contribution in [0, 0.1) is 19.7 Å². The lowest BCUT2D eigenvalue weighted by Gasteiger charge is -2.29. The minimum absolute atomic E-state index is 0.120. The highest BCUT2D eigenvalue weighted by Gasteiger charge is 2.24. The highest BCUT2D eigenvalue weighted by molar-refractivity contribution is 5.83. The molecule has 0 amide bonds. The van der Waals surface area contributed by atoms with Gasteiger partial charge in [-0.25, -0.2) is 4.39 Å². The van der Waals surface area contributed by atoms with Gasteiger partial charge >= 0.3 is 0 Å². The maximum Gasteiger partial charge on any atom is 0.151 e. The molecule has 5 heteroatoms. The van der Waals surface area contributed by atoms with Crippen molar-refractivity contribution in [3.05, 3.63) is 41.2 Å². The van der Waals surface area contributed by atoms with Gasteiger partial charge in [0, 0.05) is 18.2 Å². The largest absolute Gasteiger partial charge is 0.497 e. The van der Waals surface area contributed by atoms with Crippen LogP contribution in [0.5, 0.6) is 11.5 Å². The van der Waals surface area contributed by atoms with Crippen molar-refractivity contribution in [3.63, 3.8) is 0 Å². The number of rotatable bonds is 3. The Bertz CT molecular complexity index is 723. The van der Waals surface area contributed by atoms with Crippen LogP contribution in [0.2, 0.25) is 0 Å². The lowest BCUT2D eigenvalue weighted by molar-refractivity contribution is 0.215. The summed E-state index contributed by atoms with van der Waals surface area (Å²) < 4.78 is 25.4. The number of aryl methyl sites for hydroxylation is 2. The Morgan fingerprint density at radius 1 is 1.26 bits per heavy atom. The number of hydrogen-bond donors (Lipinski definition) is 2. The molecule has 4 nitrogen and oxygen atoms in total. The van der Waals surface area contributed by atoms with E-state index in [0.717, 1.165) is 28.0 Å². The number of hydrogen-bond acceptors (Lipinski definition) is 4. The third-order valence-corrected chi connectivity index (χ3v) is 4.13. The summed E-state index contributed by atoms with van der Waals surface area (Å²) in [4.78, 5) is 0. The van der Waals surface area contributed by atoms with Gasteiger partial charge in [-0.2, -0.15) is 0 Å². The average Bonchev–Trinajstić information content (AvgIpc) is 2.53. The predicted octanol–water partition coefficient (Wildman–Crippen LogP) is 3.25. The lowest BCUT2D eigenvalue weighted by atomic mass is 9.93. The first kappa shape index (κ1) is 15.6. The van der Waals surface area contributed by atoms with Gasteiger partial charge < -0.3 is 20.5 Å². The molecule has 3 rings (SSSR count). The fourth-order valence-corrected chi connectivity index (χ4v) is 3.07. The SMILES string of the molecule is COc1cc(C)c(-c2cc(F)cc3c2O[C@@H](CN)CN3)c(C)c1. The van der Waals surface area contributed by atoms with Crippen LogP contribution in [-0.2, 0) is 0 Å². The zero-order valence-electron chi connectivity index (χ0n) is 13.6. The van der Waals surface area contributed by atoms with Crippen LogP contribution >= 0.6 is 0 Å². The van der Waals surface area contributed by atoms with E-state index in [0.29, 0.717) is 24.5 Å². The number of halogens is 1. The summed E-state index contributed by atoms with van der Waals surface area (Å²) in [5, 5.41) is 3.21. The van der Waals surface area contributed by atoms with Gasteiger partial charge in [0.2, 0.25) is 0 Å². The van der Waals surface area contributed by atoms with Crippen molar-refractivity contribution >= 4 is 5.69 Å². The molecule has 1 aliphatic rings. The van der Waals surface area contributed by atoms with E-state index in [-0.39, 0.29) is 11.9 Å². The van der Waals surface area contributed by atoms with E-state index in [9.17, 15) is 4.39 Å². The summed E-state index contributed by atoms with van der Waals surface area (Å²) in [7, 11) is 1.64. The Morgan fingerprint density at radius 3 is 2.57 bits per heavy atom. The second-order valence-corrected chi connectivity index (χ2v) is 5.82. The Labute approximate surface area is 135 Å². The monoisotopic (exact) mass is 316 g/mol. The number of fused-ring (bicyclic) bond motifs is 1. The second-order valence-electron chi connectivity index (χ2n) is 5.82. The molecule has 0 unspecified atom stereocenters. The Hall–Kier alpha value is -2.27. The highest BCUT2D eigenvalue weighted by Crippen LogP contribution is 2.43. The van der Waals surface area contributed by atoms with Gasteiger partial charge in [0.15, 0.2) is 5.75 Å². The zero-order valence-corrected chi connectivity index (χ0v) is 13.6. The molecule has 2 aromatic rings. The fraction of sp³-hybridized carbons (Fsp3) is 0.333. The first-order chi connectivity index (χ1) is 11.0. The van der Waals surface area contributed by atoms with Gasteiger partial charge in [-0.3, -0.25) is 0 Å². The van der Waals surface area contributed by atoms with E-state index in [1.54, 1.807) is 7.11 Å². The van der Waals surface area contributed by atoms with E-state index in [1.165, 1.54) is 12.1 Å². The van der Waals surface area contributed by atoms with Gasteiger partial charge in [0.05, 0.1) is 19.3 Å². The predicted molar refractivity (Wildman–Crippen MR) is 89.8 cm³/mol. The summed E-state index contributed by atoms with van der Waals surface area (Å²) in [6, 6.07) is 6.85. The van der Waals surface area contributed by atoms with E-state index >= 15 is 0 Å². The Balaban J connectivity index is 2.19. The molecule has 1 heterocycles.